The van der Waals surface area contributed by atoms with Gasteiger partial charge >= 0.3 is 0 Å². The molecule has 7 nitrogen and oxygen atoms in total. The summed E-state index contributed by atoms with van der Waals surface area (Å²) in [5.41, 5.74) is 0.138. The van der Waals surface area contributed by atoms with E-state index in [9.17, 15) is 0 Å². The molecule has 2 aromatic rings. The molecule has 7 heteroatoms. The Bertz CT molecular complexity index is 690. The van der Waals surface area contributed by atoms with E-state index in [1.807, 2.05) is 30.9 Å². The molecule has 2 aliphatic heterocycles. The molecule has 0 bridgehead atoms. The maximum atomic E-state index is 6.00. The summed E-state index contributed by atoms with van der Waals surface area (Å²) in [6.45, 7) is 6.40. The summed E-state index contributed by atoms with van der Waals surface area (Å²) in [6, 6.07) is 1.86. The van der Waals surface area contributed by atoms with E-state index >= 15 is 0 Å². The van der Waals surface area contributed by atoms with Gasteiger partial charge in [-0.2, -0.15) is 0 Å². The summed E-state index contributed by atoms with van der Waals surface area (Å²) in [4.78, 5) is 18.2. The molecule has 2 aliphatic rings. The molecule has 1 spiro atoms. The van der Waals surface area contributed by atoms with Gasteiger partial charge in [0, 0.05) is 56.9 Å². The van der Waals surface area contributed by atoms with E-state index in [0.717, 1.165) is 57.7 Å². The van der Waals surface area contributed by atoms with Crippen LogP contribution < -0.4 is 4.90 Å². The Morgan fingerprint density at radius 2 is 2.00 bits per heavy atom. The monoisotopic (exact) mass is 342 g/mol. The minimum absolute atomic E-state index is 0.138. The van der Waals surface area contributed by atoms with Gasteiger partial charge in [-0.05, 0) is 25.5 Å². The smallest absolute Gasteiger partial charge is 0.225 e. The van der Waals surface area contributed by atoms with Crippen molar-refractivity contribution in [2.45, 2.75) is 19.4 Å². The van der Waals surface area contributed by atoms with Gasteiger partial charge < -0.3 is 14.2 Å². The van der Waals surface area contributed by atoms with E-state index in [1.54, 1.807) is 0 Å². The third-order valence-electron chi connectivity index (χ3n) is 5.30. The standard InChI is InChI=1S/C18H26N6O/c1-22-9-7-19-16(22)12-23-8-2-4-18(13-23)14-24(10-11-25-15-18)17-20-5-3-6-21-17/h3,5-7,9H,2,4,8,10-15H2,1H3/t18-/m1/s1. The third-order valence-corrected chi connectivity index (χ3v) is 5.30. The van der Waals surface area contributed by atoms with Crippen molar-refractivity contribution in [1.29, 1.82) is 0 Å². The van der Waals surface area contributed by atoms with E-state index in [0.29, 0.717) is 0 Å². The number of hydrogen-bond donors (Lipinski definition) is 0. The normalized spacial score (nSPS) is 25.2. The fourth-order valence-corrected chi connectivity index (χ4v) is 4.06. The first-order chi connectivity index (χ1) is 12.2. The number of ether oxygens (including phenoxy) is 1. The van der Waals surface area contributed by atoms with Crippen LogP contribution in [-0.4, -0.2) is 63.8 Å². The van der Waals surface area contributed by atoms with E-state index in [-0.39, 0.29) is 5.41 Å². The molecule has 134 valence electrons. The minimum Gasteiger partial charge on any atom is -0.379 e. The van der Waals surface area contributed by atoms with Crippen LogP contribution in [0.3, 0.4) is 0 Å². The molecule has 0 saturated carbocycles. The van der Waals surface area contributed by atoms with Crippen LogP contribution in [0.2, 0.25) is 0 Å². The van der Waals surface area contributed by atoms with Crippen LogP contribution in [0.25, 0.3) is 0 Å². The molecule has 0 aliphatic carbocycles. The maximum absolute atomic E-state index is 6.00. The van der Waals surface area contributed by atoms with Gasteiger partial charge in [0.05, 0.1) is 19.8 Å². The van der Waals surface area contributed by atoms with E-state index in [1.165, 1.54) is 12.8 Å². The molecule has 25 heavy (non-hydrogen) atoms. The van der Waals surface area contributed by atoms with Gasteiger partial charge in [-0.15, -0.1) is 0 Å². The van der Waals surface area contributed by atoms with Crippen LogP contribution in [0.1, 0.15) is 18.7 Å². The van der Waals surface area contributed by atoms with Crippen LogP contribution in [0, 0.1) is 5.41 Å². The lowest BCUT2D eigenvalue weighted by Gasteiger charge is -2.43. The molecular weight excluding hydrogens is 316 g/mol. The van der Waals surface area contributed by atoms with Gasteiger partial charge in [0.25, 0.3) is 0 Å². The highest BCUT2D eigenvalue weighted by Gasteiger charge is 2.39. The highest BCUT2D eigenvalue weighted by Crippen LogP contribution is 2.34. The Labute approximate surface area is 148 Å². The largest absolute Gasteiger partial charge is 0.379 e. The highest BCUT2D eigenvalue weighted by atomic mass is 16.5. The summed E-state index contributed by atoms with van der Waals surface area (Å²) in [6.07, 6.45) is 9.89. The number of rotatable bonds is 3. The summed E-state index contributed by atoms with van der Waals surface area (Å²) < 4.78 is 8.11. The lowest BCUT2D eigenvalue weighted by molar-refractivity contribution is 0.00965. The quantitative estimate of drug-likeness (QED) is 0.839. The lowest BCUT2D eigenvalue weighted by atomic mass is 9.80. The SMILES string of the molecule is Cn1ccnc1CN1CCC[C@@]2(COCCN(c3ncccn3)C2)C1. The molecule has 0 aromatic carbocycles. The Morgan fingerprint density at radius 3 is 2.80 bits per heavy atom. The van der Waals surface area contributed by atoms with E-state index in [4.69, 9.17) is 4.74 Å². The van der Waals surface area contributed by atoms with Gasteiger partial charge in [0.2, 0.25) is 5.95 Å². The average Bonchev–Trinajstić information content (AvgIpc) is 2.92. The Balaban J connectivity index is 1.49. The first-order valence-electron chi connectivity index (χ1n) is 9.02. The van der Waals surface area contributed by atoms with Crippen LogP contribution in [0.4, 0.5) is 5.95 Å². The summed E-state index contributed by atoms with van der Waals surface area (Å²) in [7, 11) is 2.06. The first kappa shape index (κ1) is 16.5. The number of likely N-dealkylation sites (tertiary alicyclic amines) is 1. The second-order valence-electron chi connectivity index (χ2n) is 7.29. The van der Waals surface area contributed by atoms with Gasteiger partial charge in [0.1, 0.15) is 5.82 Å². The highest BCUT2D eigenvalue weighted by molar-refractivity contribution is 5.29. The van der Waals surface area contributed by atoms with Crippen molar-refractivity contribution in [2.24, 2.45) is 12.5 Å². The van der Waals surface area contributed by atoms with Crippen molar-refractivity contribution in [1.82, 2.24) is 24.4 Å². The molecule has 2 fully saturated rings. The van der Waals surface area contributed by atoms with Crippen molar-refractivity contribution in [2.75, 3.05) is 44.3 Å². The molecule has 4 rings (SSSR count). The fraction of sp³-hybridized carbons (Fsp3) is 0.611. The van der Waals surface area contributed by atoms with Crippen LogP contribution >= 0.6 is 0 Å². The van der Waals surface area contributed by atoms with Gasteiger partial charge in [-0.1, -0.05) is 0 Å². The first-order valence-corrected chi connectivity index (χ1v) is 9.02. The van der Waals surface area contributed by atoms with Crippen molar-refractivity contribution in [3.8, 4) is 0 Å². The lowest BCUT2D eigenvalue weighted by Crippen LogP contribution is -2.50. The van der Waals surface area contributed by atoms with Crippen LogP contribution in [0.15, 0.2) is 30.9 Å². The van der Waals surface area contributed by atoms with Gasteiger partial charge in [0.15, 0.2) is 0 Å². The number of aryl methyl sites for hydroxylation is 1. The fourth-order valence-electron chi connectivity index (χ4n) is 4.06. The van der Waals surface area contributed by atoms with Crippen molar-refractivity contribution in [3.05, 3.63) is 36.7 Å². The second-order valence-corrected chi connectivity index (χ2v) is 7.29. The predicted molar refractivity (Wildman–Crippen MR) is 95.2 cm³/mol. The van der Waals surface area contributed by atoms with Crippen molar-refractivity contribution < 1.29 is 4.74 Å². The third kappa shape index (κ3) is 3.67. The number of nitrogens with zero attached hydrogens (tertiary/aromatic N) is 6. The molecule has 0 unspecified atom stereocenters. The molecule has 2 saturated heterocycles. The average molecular weight is 342 g/mol. The van der Waals surface area contributed by atoms with Crippen LogP contribution in [0.5, 0.6) is 0 Å². The molecule has 4 heterocycles. The van der Waals surface area contributed by atoms with Crippen molar-refractivity contribution in [3.63, 3.8) is 0 Å². The summed E-state index contributed by atoms with van der Waals surface area (Å²) >= 11 is 0. The Kier molecular flexibility index (Phi) is 4.67. The molecule has 0 amide bonds. The molecule has 0 N–H and O–H groups in total. The zero-order chi connectivity index (χ0) is 17.1. The van der Waals surface area contributed by atoms with Crippen LogP contribution in [-0.2, 0) is 18.3 Å². The van der Waals surface area contributed by atoms with E-state index in [2.05, 4.69) is 36.4 Å². The number of hydrogen-bond acceptors (Lipinski definition) is 6. The summed E-state index contributed by atoms with van der Waals surface area (Å²) in [5, 5.41) is 0. The molecule has 1 atom stereocenters. The minimum atomic E-state index is 0.138. The predicted octanol–water partition coefficient (Wildman–Crippen LogP) is 1.33. The molecule has 2 aromatic heterocycles. The molecule has 0 radical (unpaired) electrons. The van der Waals surface area contributed by atoms with Gasteiger partial charge in [-0.3, -0.25) is 4.90 Å². The number of anilines is 1. The Morgan fingerprint density at radius 1 is 1.12 bits per heavy atom. The Hall–Kier alpha value is -1.99. The number of aromatic nitrogens is 4. The number of piperidine rings is 1. The zero-order valence-corrected chi connectivity index (χ0v) is 14.8. The van der Waals surface area contributed by atoms with E-state index < -0.39 is 0 Å². The topological polar surface area (TPSA) is 59.3 Å². The number of imidazole rings is 1. The zero-order valence-electron chi connectivity index (χ0n) is 14.8. The molecular formula is C18H26N6O. The maximum Gasteiger partial charge on any atom is 0.225 e. The van der Waals surface area contributed by atoms with Gasteiger partial charge in [-0.25, -0.2) is 15.0 Å². The second kappa shape index (κ2) is 7.09. The van der Waals surface area contributed by atoms with Crippen molar-refractivity contribution >= 4 is 5.95 Å². The summed E-state index contributed by atoms with van der Waals surface area (Å²) in [5.74, 6) is 1.93.